The molecular weight excluding hydrogens is 264 g/mol. The minimum Gasteiger partial charge on any atom is -0.478 e. The smallest absolute Gasteiger partial charge is 0.337 e. The molecule has 0 amide bonds. The highest BCUT2D eigenvalue weighted by molar-refractivity contribution is 9.10. The normalized spacial score (nSPS) is 10.1. The third-order valence-electron chi connectivity index (χ3n) is 1.43. The van der Waals surface area contributed by atoms with Crippen molar-refractivity contribution >= 4 is 39.2 Å². The summed E-state index contributed by atoms with van der Waals surface area (Å²) in [6.45, 7) is 0. The molecule has 0 aromatic heterocycles. The lowest BCUT2D eigenvalue weighted by Gasteiger charge is -2.05. The fourth-order valence-electron chi connectivity index (χ4n) is 0.786. The Bertz CT molecular complexity index is 383. The van der Waals surface area contributed by atoms with Crippen LogP contribution >= 0.6 is 27.5 Å². The van der Waals surface area contributed by atoms with Gasteiger partial charge in [-0.25, -0.2) is 9.18 Å². The number of hydrogen-bond donors (Lipinski definition) is 2. The van der Waals surface area contributed by atoms with Gasteiger partial charge in [0.05, 0.1) is 20.7 Å². The number of hydrogen-bond acceptors (Lipinski definition) is 2. The summed E-state index contributed by atoms with van der Waals surface area (Å²) in [6, 6.07) is 0.782. The number of halogens is 3. The number of carboxylic acids is 1. The van der Waals surface area contributed by atoms with Crippen LogP contribution in [0.5, 0.6) is 0 Å². The van der Waals surface area contributed by atoms with Crippen molar-refractivity contribution in [1.29, 1.82) is 0 Å². The number of anilines is 1. The minimum atomic E-state index is -1.30. The number of nitrogen functional groups attached to an aromatic ring is 1. The zero-order valence-electron chi connectivity index (χ0n) is 6.14. The molecular formula is C7H4BrClFNO2. The molecule has 0 aliphatic heterocycles. The monoisotopic (exact) mass is 267 g/mol. The Hall–Kier alpha value is -0.810. The van der Waals surface area contributed by atoms with Crippen LogP contribution < -0.4 is 5.73 Å². The lowest BCUT2D eigenvalue weighted by atomic mass is 10.2. The van der Waals surface area contributed by atoms with Gasteiger partial charge in [0.1, 0.15) is 5.82 Å². The Morgan fingerprint density at radius 3 is 2.69 bits per heavy atom. The lowest BCUT2D eigenvalue weighted by Crippen LogP contribution is -2.04. The molecule has 0 bridgehead atoms. The van der Waals surface area contributed by atoms with Gasteiger partial charge in [-0.1, -0.05) is 11.6 Å². The standard InChI is InChI=1S/C7H4BrClFNO2/c8-4-5(9)3(10)1-2(6(4)11)7(12)13/h1H,11H2,(H,12,13). The number of carbonyl (C=O) groups is 1. The van der Waals surface area contributed by atoms with Gasteiger partial charge in [0.15, 0.2) is 0 Å². The molecule has 0 heterocycles. The van der Waals surface area contributed by atoms with Gasteiger partial charge < -0.3 is 10.8 Å². The van der Waals surface area contributed by atoms with Gasteiger partial charge in [0, 0.05) is 0 Å². The van der Waals surface area contributed by atoms with Crippen molar-refractivity contribution in [3.63, 3.8) is 0 Å². The van der Waals surface area contributed by atoms with Crippen molar-refractivity contribution < 1.29 is 14.3 Å². The first-order valence-corrected chi connectivity index (χ1v) is 4.28. The van der Waals surface area contributed by atoms with E-state index in [9.17, 15) is 9.18 Å². The first kappa shape index (κ1) is 10.3. The van der Waals surface area contributed by atoms with Crippen molar-refractivity contribution in [2.75, 3.05) is 5.73 Å². The molecule has 3 nitrogen and oxygen atoms in total. The van der Waals surface area contributed by atoms with Crippen LogP contribution in [0.1, 0.15) is 10.4 Å². The van der Waals surface area contributed by atoms with Crippen LogP contribution in [0, 0.1) is 5.82 Å². The summed E-state index contributed by atoms with van der Waals surface area (Å²) in [4.78, 5) is 10.5. The first-order valence-electron chi connectivity index (χ1n) is 3.11. The maximum absolute atomic E-state index is 12.9. The zero-order chi connectivity index (χ0) is 10.2. The third-order valence-corrected chi connectivity index (χ3v) is 2.85. The van der Waals surface area contributed by atoms with E-state index in [1.54, 1.807) is 0 Å². The molecule has 0 spiro atoms. The molecule has 3 N–H and O–H groups in total. The molecule has 0 atom stereocenters. The molecule has 0 aliphatic carbocycles. The first-order chi connectivity index (χ1) is 5.95. The molecule has 6 heteroatoms. The van der Waals surface area contributed by atoms with Gasteiger partial charge in [-0.2, -0.15) is 0 Å². The highest BCUT2D eigenvalue weighted by Gasteiger charge is 2.16. The molecule has 0 unspecified atom stereocenters. The Morgan fingerprint density at radius 1 is 1.69 bits per heavy atom. The van der Waals surface area contributed by atoms with E-state index in [1.165, 1.54) is 0 Å². The van der Waals surface area contributed by atoms with Crippen LogP contribution in [0.2, 0.25) is 5.02 Å². The van der Waals surface area contributed by atoms with Crippen molar-refractivity contribution in [2.45, 2.75) is 0 Å². The second-order valence-corrected chi connectivity index (χ2v) is 3.42. The van der Waals surface area contributed by atoms with E-state index in [2.05, 4.69) is 15.9 Å². The number of benzene rings is 1. The van der Waals surface area contributed by atoms with Crippen molar-refractivity contribution in [3.05, 3.63) is 26.9 Å². The van der Waals surface area contributed by atoms with E-state index in [0.29, 0.717) is 0 Å². The summed E-state index contributed by atoms with van der Waals surface area (Å²) in [5.41, 5.74) is 4.98. The van der Waals surface area contributed by atoms with Gasteiger partial charge in [0.2, 0.25) is 0 Å². The average Bonchev–Trinajstić information content (AvgIpc) is 2.07. The maximum Gasteiger partial charge on any atom is 0.337 e. The van der Waals surface area contributed by atoms with Crippen LogP contribution in [-0.4, -0.2) is 11.1 Å². The predicted molar refractivity (Wildman–Crippen MR) is 50.5 cm³/mol. The summed E-state index contributed by atoms with van der Waals surface area (Å²) in [5, 5.41) is 8.37. The highest BCUT2D eigenvalue weighted by Crippen LogP contribution is 2.33. The fourth-order valence-corrected chi connectivity index (χ4v) is 1.35. The molecule has 1 aromatic carbocycles. The van der Waals surface area contributed by atoms with Crippen LogP contribution in [-0.2, 0) is 0 Å². The Labute approximate surface area is 86.4 Å². The summed E-state index contributed by atoms with van der Waals surface area (Å²) in [7, 11) is 0. The fraction of sp³-hybridized carbons (Fsp3) is 0. The summed E-state index contributed by atoms with van der Waals surface area (Å²) < 4.78 is 13.0. The zero-order valence-corrected chi connectivity index (χ0v) is 8.49. The average molecular weight is 268 g/mol. The number of carboxylic acid groups (broad SMARTS) is 1. The molecule has 0 fully saturated rings. The van der Waals surface area contributed by atoms with Crippen LogP contribution in [0.15, 0.2) is 10.5 Å². The van der Waals surface area contributed by atoms with Crippen molar-refractivity contribution in [1.82, 2.24) is 0 Å². The summed E-state index contributed by atoms with van der Waals surface area (Å²) in [5.74, 6) is -2.12. The molecule has 0 saturated heterocycles. The Morgan fingerprint density at radius 2 is 2.23 bits per heavy atom. The SMILES string of the molecule is Nc1c(C(=O)O)cc(F)c(Cl)c1Br. The van der Waals surface area contributed by atoms with E-state index in [-0.39, 0.29) is 20.7 Å². The van der Waals surface area contributed by atoms with E-state index < -0.39 is 11.8 Å². The molecule has 0 radical (unpaired) electrons. The molecule has 1 rings (SSSR count). The van der Waals surface area contributed by atoms with Crippen LogP contribution in [0.4, 0.5) is 10.1 Å². The largest absolute Gasteiger partial charge is 0.478 e. The van der Waals surface area contributed by atoms with Gasteiger partial charge >= 0.3 is 5.97 Å². The number of aromatic carboxylic acids is 1. The topological polar surface area (TPSA) is 63.3 Å². The molecule has 70 valence electrons. The second kappa shape index (κ2) is 3.51. The molecule has 0 aliphatic rings. The lowest BCUT2D eigenvalue weighted by molar-refractivity contribution is 0.0697. The quantitative estimate of drug-likeness (QED) is 0.607. The van der Waals surface area contributed by atoms with Crippen LogP contribution in [0.25, 0.3) is 0 Å². The van der Waals surface area contributed by atoms with Crippen molar-refractivity contribution in [3.8, 4) is 0 Å². The van der Waals surface area contributed by atoms with E-state index >= 15 is 0 Å². The molecule has 13 heavy (non-hydrogen) atoms. The van der Waals surface area contributed by atoms with E-state index in [4.69, 9.17) is 22.4 Å². The van der Waals surface area contributed by atoms with Crippen LogP contribution in [0.3, 0.4) is 0 Å². The second-order valence-electron chi connectivity index (χ2n) is 2.25. The highest BCUT2D eigenvalue weighted by atomic mass is 79.9. The molecule has 0 saturated carbocycles. The van der Waals surface area contributed by atoms with Gasteiger partial charge in [0.25, 0.3) is 0 Å². The predicted octanol–water partition coefficient (Wildman–Crippen LogP) is 2.52. The Kier molecular flexibility index (Phi) is 2.77. The maximum atomic E-state index is 12.9. The van der Waals surface area contributed by atoms with E-state index in [1.807, 2.05) is 0 Å². The Balaban J connectivity index is 3.50. The third kappa shape index (κ3) is 1.76. The minimum absolute atomic E-state index is 0.0616. The molecule has 1 aromatic rings. The summed E-state index contributed by atoms with van der Waals surface area (Å²) in [6.07, 6.45) is 0. The van der Waals surface area contributed by atoms with Gasteiger partial charge in [-0.05, 0) is 22.0 Å². The number of nitrogens with two attached hydrogens (primary N) is 1. The van der Waals surface area contributed by atoms with Crippen molar-refractivity contribution in [2.24, 2.45) is 0 Å². The van der Waals surface area contributed by atoms with E-state index in [0.717, 1.165) is 6.07 Å². The number of rotatable bonds is 1. The van der Waals surface area contributed by atoms with Gasteiger partial charge in [-0.3, -0.25) is 0 Å². The van der Waals surface area contributed by atoms with Gasteiger partial charge in [-0.15, -0.1) is 0 Å². The summed E-state index contributed by atoms with van der Waals surface area (Å²) >= 11 is 8.35.